The van der Waals surface area contributed by atoms with E-state index in [1.54, 1.807) is 12.3 Å². The zero-order chi connectivity index (χ0) is 19.5. The summed E-state index contributed by atoms with van der Waals surface area (Å²) in [4.78, 5) is 8.23. The van der Waals surface area contributed by atoms with E-state index in [1.165, 1.54) is 31.3 Å². The van der Waals surface area contributed by atoms with E-state index < -0.39 is 0 Å². The molecular weight excluding hydrogens is 351 g/mol. The molecule has 4 nitrogen and oxygen atoms in total. The highest BCUT2D eigenvalue weighted by Crippen LogP contribution is 2.39. The van der Waals surface area contributed by atoms with Gasteiger partial charge in [-0.25, -0.2) is 14.4 Å². The summed E-state index contributed by atoms with van der Waals surface area (Å²) >= 11 is 0. The van der Waals surface area contributed by atoms with Crippen LogP contribution < -0.4 is 0 Å². The molecule has 2 atom stereocenters. The van der Waals surface area contributed by atoms with E-state index in [4.69, 9.17) is 0 Å². The predicted molar refractivity (Wildman–Crippen MR) is 108 cm³/mol. The molecule has 0 radical (unpaired) electrons. The Hall–Kier alpha value is -2.56. The van der Waals surface area contributed by atoms with Crippen LogP contribution in [0.3, 0.4) is 0 Å². The van der Waals surface area contributed by atoms with Crippen molar-refractivity contribution in [3.05, 3.63) is 65.6 Å². The monoisotopic (exact) mass is 378 g/mol. The third kappa shape index (κ3) is 3.84. The van der Waals surface area contributed by atoms with Crippen LogP contribution in [0.25, 0.3) is 11.3 Å². The molecule has 1 aliphatic rings. The molecule has 28 heavy (non-hydrogen) atoms. The van der Waals surface area contributed by atoms with Crippen molar-refractivity contribution in [2.45, 2.75) is 51.4 Å². The van der Waals surface area contributed by atoms with Crippen LogP contribution in [-0.4, -0.2) is 19.7 Å². The topological polar surface area (TPSA) is 43.6 Å². The van der Waals surface area contributed by atoms with Crippen molar-refractivity contribution in [3.63, 3.8) is 0 Å². The quantitative estimate of drug-likeness (QED) is 0.584. The van der Waals surface area contributed by atoms with Crippen LogP contribution in [0.15, 0.2) is 43.0 Å². The highest BCUT2D eigenvalue weighted by molar-refractivity contribution is 5.63. The first-order valence-electron chi connectivity index (χ1n) is 10.2. The first-order valence-corrected chi connectivity index (χ1v) is 10.2. The number of nitrogens with zero attached hydrogens (tertiary/aromatic N) is 4. The summed E-state index contributed by atoms with van der Waals surface area (Å²) in [6, 6.07) is 7.61. The highest BCUT2D eigenvalue weighted by atomic mass is 19.1. The fourth-order valence-corrected chi connectivity index (χ4v) is 4.67. The Morgan fingerprint density at radius 3 is 2.71 bits per heavy atom. The maximum atomic E-state index is 15.1. The zero-order valence-electron chi connectivity index (χ0n) is 16.6. The molecule has 2 heterocycles. The largest absolute Gasteiger partial charge is 0.272 e. The smallest absolute Gasteiger partial charge is 0.127 e. The molecule has 5 heteroatoms. The molecule has 2 aromatic heterocycles. The summed E-state index contributed by atoms with van der Waals surface area (Å²) in [7, 11) is 2.01. The van der Waals surface area contributed by atoms with Gasteiger partial charge in [0, 0.05) is 36.6 Å². The van der Waals surface area contributed by atoms with Gasteiger partial charge in [-0.05, 0) is 61.4 Å². The van der Waals surface area contributed by atoms with E-state index in [1.807, 2.05) is 37.0 Å². The Labute approximate surface area is 165 Å². The fraction of sp³-hybridized carbons (Fsp3) is 0.435. The summed E-state index contributed by atoms with van der Waals surface area (Å²) in [6.07, 6.45) is 11.9. The van der Waals surface area contributed by atoms with Gasteiger partial charge in [0.25, 0.3) is 0 Å². The molecule has 1 aliphatic carbocycles. The van der Waals surface area contributed by atoms with Gasteiger partial charge in [-0.15, -0.1) is 0 Å². The van der Waals surface area contributed by atoms with Gasteiger partial charge in [0.15, 0.2) is 0 Å². The number of aryl methyl sites for hydroxylation is 2. The molecule has 0 bridgehead atoms. The van der Waals surface area contributed by atoms with Crippen LogP contribution in [0.5, 0.6) is 0 Å². The second kappa shape index (κ2) is 8.21. The summed E-state index contributed by atoms with van der Waals surface area (Å²) in [5.74, 6) is 0.750. The van der Waals surface area contributed by atoms with Crippen LogP contribution >= 0.6 is 0 Å². The molecule has 1 fully saturated rings. The minimum Gasteiger partial charge on any atom is -0.272 e. The van der Waals surface area contributed by atoms with Crippen LogP contribution in [0.4, 0.5) is 4.39 Å². The summed E-state index contributed by atoms with van der Waals surface area (Å²) in [6.45, 7) is 2.03. The normalized spacial score (nSPS) is 20.1. The molecule has 1 aromatic carbocycles. The molecule has 1 saturated carbocycles. The van der Waals surface area contributed by atoms with Gasteiger partial charge in [-0.1, -0.05) is 25.3 Å². The highest BCUT2D eigenvalue weighted by Gasteiger charge is 2.28. The van der Waals surface area contributed by atoms with Gasteiger partial charge in [0.2, 0.25) is 0 Å². The molecular formula is C23H27FN4. The lowest BCUT2D eigenvalue weighted by Crippen LogP contribution is -2.18. The van der Waals surface area contributed by atoms with Crippen LogP contribution in [0.1, 0.15) is 54.8 Å². The maximum Gasteiger partial charge on any atom is 0.127 e. The average molecular weight is 378 g/mol. The number of hydrogen-bond acceptors (Lipinski definition) is 3. The van der Waals surface area contributed by atoms with Gasteiger partial charge < -0.3 is 0 Å². The van der Waals surface area contributed by atoms with Crippen LogP contribution in [0.2, 0.25) is 0 Å². The molecule has 4 rings (SSSR count). The lowest BCUT2D eigenvalue weighted by Gasteiger charge is -2.26. The van der Waals surface area contributed by atoms with Gasteiger partial charge in [-0.2, -0.15) is 5.10 Å². The molecule has 0 saturated heterocycles. The average Bonchev–Trinajstić information content (AvgIpc) is 2.99. The predicted octanol–water partition coefficient (Wildman–Crippen LogP) is 5.23. The molecule has 3 aromatic rings. The number of rotatable bonds is 4. The zero-order valence-corrected chi connectivity index (χ0v) is 16.6. The van der Waals surface area contributed by atoms with Gasteiger partial charge in [0.1, 0.15) is 12.1 Å². The third-order valence-electron chi connectivity index (χ3n) is 6.13. The van der Waals surface area contributed by atoms with E-state index >= 15 is 4.39 Å². The number of aromatic nitrogens is 4. The third-order valence-corrected chi connectivity index (χ3v) is 6.13. The van der Waals surface area contributed by atoms with Crippen LogP contribution in [0, 0.1) is 18.7 Å². The standard InChI is InChI=1S/C23H27FN4/c1-16-12-18(21(24)14-20(16)22-8-10-25-15-26-22)13-17-6-4-3-5-7-19(17)23-9-11-27-28(23)2/h8-12,14-15,17,19H,3-7,13H2,1-2H3. The van der Waals surface area contributed by atoms with Gasteiger partial charge in [0.05, 0.1) is 5.69 Å². The Morgan fingerprint density at radius 2 is 1.96 bits per heavy atom. The number of halogens is 1. The molecule has 0 aliphatic heterocycles. The number of hydrogen-bond donors (Lipinski definition) is 0. The maximum absolute atomic E-state index is 15.1. The van der Waals surface area contributed by atoms with Gasteiger partial charge >= 0.3 is 0 Å². The summed E-state index contributed by atoms with van der Waals surface area (Å²) in [5, 5.41) is 4.37. The lowest BCUT2D eigenvalue weighted by atomic mass is 9.80. The van der Waals surface area contributed by atoms with E-state index in [-0.39, 0.29) is 5.82 Å². The SMILES string of the molecule is Cc1cc(CC2CCCCCC2c2ccnn2C)c(F)cc1-c1ccncn1. The Balaban J connectivity index is 1.63. The molecule has 0 amide bonds. The minimum absolute atomic E-state index is 0.132. The Kier molecular flexibility index (Phi) is 5.51. The van der Waals surface area contributed by atoms with Crippen molar-refractivity contribution < 1.29 is 4.39 Å². The molecule has 146 valence electrons. The summed E-state index contributed by atoms with van der Waals surface area (Å²) < 4.78 is 17.0. The number of benzene rings is 1. The van der Waals surface area contributed by atoms with Crippen molar-refractivity contribution >= 4 is 0 Å². The van der Waals surface area contributed by atoms with E-state index in [2.05, 4.69) is 21.1 Å². The van der Waals surface area contributed by atoms with Crippen molar-refractivity contribution in [3.8, 4) is 11.3 Å². The molecule has 0 spiro atoms. The Morgan fingerprint density at radius 1 is 1.11 bits per heavy atom. The van der Waals surface area contributed by atoms with Gasteiger partial charge in [-0.3, -0.25) is 4.68 Å². The van der Waals surface area contributed by atoms with Crippen molar-refractivity contribution in [1.82, 2.24) is 19.7 Å². The Bertz CT molecular complexity index is 935. The lowest BCUT2D eigenvalue weighted by molar-refractivity contribution is 0.374. The first-order chi connectivity index (χ1) is 13.6. The molecule has 0 N–H and O–H groups in total. The van der Waals surface area contributed by atoms with Crippen LogP contribution in [-0.2, 0) is 13.5 Å². The van der Waals surface area contributed by atoms with E-state index in [0.29, 0.717) is 11.8 Å². The second-order valence-electron chi connectivity index (χ2n) is 7.94. The van der Waals surface area contributed by atoms with Crippen molar-refractivity contribution in [2.75, 3.05) is 0 Å². The van der Waals surface area contributed by atoms with Crippen molar-refractivity contribution in [1.29, 1.82) is 0 Å². The van der Waals surface area contributed by atoms with E-state index in [0.717, 1.165) is 41.6 Å². The molecule has 2 unspecified atom stereocenters. The van der Waals surface area contributed by atoms with Crippen molar-refractivity contribution in [2.24, 2.45) is 13.0 Å². The fourth-order valence-electron chi connectivity index (χ4n) is 4.67. The van der Waals surface area contributed by atoms with E-state index in [9.17, 15) is 0 Å². The minimum atomic E-state index is -0.132. The summed E-state index contributed by atoms with van der Waals surface area (Å²) in [5.41, 5.74) is 4.75. The first kappa shape index (κ1) is 18.8. The second-order valence-corrected chi connectivity index (χ2v) is 7.94.